The number of hydrogen-bond donors (Lipinski definition) is 0. The van der Waals surface area contributed by atoms with Crippen LogP contribution < -0.4 is 0 Å². The third-order valence-electron chi connectivity index (χ3n) is 2.00. The topological polar surface area (TPSA) is 0 Å². The van der Waals surface area contributed by atoms with Crippen molar-refractivity contribution in [3.63, 3.8) is 0 Å². The zero-order valence-corrected chi connectivity index (χ0v) is 7.92. The minimum Gasteiger partial charge on any atom is -0.204 e. The molecule has 7 heteroatoms. The lowest BCUT2D eigenvalue weighted by Crippen LogP contribution is -2.44. The van der Waals surface area contributed by atoms with Crippen molar-refractivity contribution in [1.29, 1.82) is 0 Å². The zero-order valence-electron chi connectivity index (χ0n) is 7.92. The molecule has 0 aliphatic rings. The Morgan fingerprint density at radius 2 is 1.47 bits per heavy atom. The Morgan fingerprint density at radius 3 is 1.73 bits per heavy atom. The van der Waals surface area contributed by atoms with Crippen molar-refractivity contribution in [2.45, 2.75) is 44.7 Å². The van der Waals surface area contributed by atoms with Gasteiger partial charge in [-0.2, -0.15) is 22.0 Å². The summed E-state index contributed by atoms with van der Waals surface area (Å²) in [5.41, 5.74) is 0. The van der Waals surface area contributed by atoms with Crippen molar-refractivity contribution in [3.8, 4) is 0 Å². The van der Waals surface area contributed by atoms with Crippen molar-refractivity contribution < 1.29 is 30.7 Å². The molecule has 0 saturated heterocycles. The molecule has 0 fully saturated rings. The van der Waals surface area contributed by atoms with Gasteiger partial charge in [-0.25, -0.2) is 8.78 Å². The van der Waals surface area contributed by atoms with E-state index < -0.39 is 30.9 Å². The SMILES string of the molecule is CCCCC(C(F)(F)F)C(F)(F)C(F)F. The molecule has 0 N–H and O–H groups in total. The van der Waals surface area contributed by atoms with Crippen LogP contribution in [0.1, 0.15) is 26.2 Å². The first-order valence-corrected chi connectivity index (χ1v) is 4.36. The van der Waals surface area contributed by atoms with Crippen molar-refractivity contribution >= 4 is 0 Å². The van der Waals surface area contributed by atoms with E-state index in [9.17, 15) is 30.7 Å². The summed E-state index contributed by atoms with van der Waals surface area (Å²) < 4.78 is 84.9. The van der Waals surface area contributed by atoms with Crippen molar-refractivity contribution in [2.24, 2.45) is 5.92 Å². The molecule has 1 unspecified atom stereocenters. The van der Waals surface area contributed by atoms with Crippen LogP contribution in [0.15, 0.2) is 0 Å². The van der Waals surface area contributed by atoms with Gasteiger partial charge in [0.25, 0.3) is 0 Å². The molecule has 0 aromatic heterocycles. The Morgan fingerprint density at radius 1 is 1.00 bits per heavy atom. The van der Waals surface area contributed by atoms with E-state index in [1.54, 1.807) is 0 Å². The van der Waals surface area contributed by atoms with Crippen LogP contribution in [0.2, 0.25) is 0 Å². The number of hydrogen-bond acceptors (Lipinski definition) is 0. The lowest BCUT2D eigenvalue weighted by atomic mass is 9.94. The molecule has 1 atom stereocenters. The van der Waals surface area contributed by atoms with E-state index in [0.29, 0.717) is 0 Å². The van der Waals surface area contributed by atoms with E-state index >= 15 is 0 Å². The van der Waals surface area contributed by atoms with E-state index in [1.165, 1.54) is 6.92 Å². The third-order valence-corrected chi connectivity index (χ3v) is 2.00. The molecule has 0 aromatic rings. The minimum absolute atomic E-state index is 0.160. The maximum absolute atomic E-state index is 12.6. The van der Waals surface area contributed by atoms with E-state index in [1.807, 2.05) is 0 Å². The molecule has 0 aromatic carbocycles. The lowest BCUT2D eigenvalue weighted by molar-refractivity contribution is -0.273. The van der Waals surface area contributed by atoms with Crippen LogP contribution in [0.4, 0.5) is 30.7 Å². The summed E-state index contributed by atoms with van der Waals surface area (Å²) in [5, 5.41) is 0. The van der Waals surface area contributed by atoms with Gasteiger partial charge in [0.1, 0.15) is 5.92 Å². The Labute approximate surface area is 82.5 Å². The van der Waals surface area contributed by atoms with E-state index in [0.717, 1.165) is 0 Å². The van der Waals surface area contributed by atoms with Gasteiger partial charge in [0.2, 0.25) is 0 Å². The highest BCUT2D eigenvalue weighted by molar-refractivity contribution is 4.84. The average molecular weight is 240 g/mol. The van der Waals surface area contributed by atoms with Crippen LogP contribution >= 0.6 is 0 Å². The van der Waals surface area contributed by atoms with Gasteiger partial charge in [-0.1, -0.05) is 19.8 Å². The molecular formula is C8H11F7. The summed E-state index contributed by atoms with van der Waals surface area (Å²) in [4.78, 5) is 0. The highest BCUT2D eigenvalue weighted by atomic mass is 19.4. The molecule has 92 valence electrons. The minimum atomic E-state index is -5.30. The average Bonchev–Trinajstić information content (AvgIpc) is 2.01. The molecular weight excluding hydrogens is 229 g/mol. The summed E-state index contributed by atoms with van der Waals surface area (Å²) >= 11 is 0. The maximum atomic E-state index is 12.6. The van der Waals surface area contributed by atoms with Gasteiger partial charge in [0.05, 0.1) is 0 Å². The molecule has 0 amide bonds. The van der Waals surface area contributed by atoms with Crippen LogP contribution in [0.5, 0.6) is 0 Å². The van der Waals surface area contributed by atoms with Gasteiger partial charge in [0, 0.05) is 0 Å². The molecule has 0 heterocycles. The van der Waals surface area contributed by atoms with Crippen LogP contribution in [0.3, 0.4) is 0 Å². The molecule has 0 bridgehead atoms. The predicted molar refractivity (Wildman–Crippen MR) is 40.0 cm³/mol. The lowest BCUT2D eigenvalue weighted by Gasteiger charge is -2.27. The highest BCUT2D eigenvalue weighted by Crippen LogP contribution is 2.44. The molecule has 0 radical (unpaired) electrons. The third kappa shape index (κ3) is 3.87. The fourth-order valence-electron chi connectivity index (χ4n) is 1.13. The van der Waals surface area contributed by atoms with Gasteiger partial charge >= 0.3 is 18.5 Å². The first kappa shape index (κ1) is 14.5. The second-order valence-corrected chi connectivity index (χ2v) is 3.21. The molecule has 15 heavy (non-hydrogen) atoms. The zero-order chi connectivity index (χ0) is 12.3. The van der Waals surface area contributed by atoms with Gasteiger partial charge < -0.3 is 0 Å². The van der Waals surface area contributed by atoms with Gasteiger partial charge in [-0.3, -0.25) is 0 Å². The summed E-state index contributed by atoms with van der Waals surface area (Å²) in [6, 6.07) is 0. The fraction of sp³-hybridized carbons (Fsp3) is 1.00. The first-order chi connectivity index (χ1) is 6.64. The number of alkyl halides is 7. The van der Waals surface area contributed by atoms with E-state index in [2.05, 4.69) is 0 Å². The fourth-order valence-corrected chi connectivity index (χ4v) is 1.13. The molecule has 0 saturated carbocycles. The standard InChI is InChI=1S/C8H11F7/c1-2-3-4-5(8(13,14)15)7(11,12)6(9)10/h5-6H,2-4H2,1H3. The number of unbranched alkanes of at least 4 members (excludes halogenated alkanes) is 1. The quantitative estimate of drug-likeness (QED) is 0.630. The van der Waals surface area contributed by atoms with Gasteiger partial charge in [-0.05, 0) is 6.42 Å². The second-order valence-electron chi connectivity index (χ2n) is 3.21. The summed E-state index contributed by atoms with van der Waals surface area (Å²) in [7, 11) is 0. The molecule has 0 aliphatic heterocycles. The van der Waals surface area contributed by atoms with Crippen molar-refractivity contribution in [2.75, 3.05) is 0 Å². The van der Waals surface area contributed by atoms with Gasteiger partial charge in [-0.15, -0.1) is 0 Å². The molecule has 0 nitrogen and oxygen atoms in total. The van der Waals surface area contributed by atoms with Crippen LogP contribution in [-0.2, 0) is 0 Å². The molecule has 0 spiro atoms. The van der Waals surface area contributed by atoms with E-state index in [4.69, 9.17) is 0 Å². The maximum Gasteiger partial charge on any atom is 0.397 e. The van der Waals surface area contributed by atoms with Crippen LogP contribution in [0, 0.1) is 5.92 Å². The summed E-state index contributed by atoms with van der Waals surface area (Å²) in [5.74, 6) is -8.27. The Bertz CT molecular complexity index is 184. The summed E-state index contributed by atoms with van der Waals surface area (Å²) in [6.45, 7) is 1.49. The smallest absolute Gasteiger partial charge is 0.204 e. The van der Waals surface area contributed by atoms with Crippen LogP contribution in [0.25, 0.3) is 0 Å². The largest absolute Gasteiger partial charge is 0.397 e. The van der Waals surface area contributed by atoms with Crippen molar-refractivity contribution in [3.05, 3.63) is 0 Å². The van der Waals surface area contributed by atoms with Gasteiger partial charge in [0.15, 0.2) is 0 Å². The highest BCUT2D eigenvalue weighted by Gasteiger charge is 2.59. The first-order valence-electron chi connectivity index (χ1n) is 4.36. The Balaban J connectivity index is 4.77. The molecule has 0 aliphatic carbocycles. The van der Waals surface area contributed by atoms with Crippen molar-refractivity contribution in [1.82, 2.24) is 0 Å². The number of halogens is 7. The van der Waals surface area contributed by atoms with Crippen LogP contribution in [-0.4, -0.2) is 18.5 Å². The second kappa shape index (κ2) is 5.03. The Hall–Kier alpha value is -0.490. The number of rotatable bonds is 5. The van der Waals surface area contributed by atoms with E-state index in [-0.39, 0.29) is 12.8 Å². The molecule has 0 rings (SSSR count). The monoisotopic (exact) mass is 240 g/mol. The normalized spacial score (nSPS) is 15.8. The summed E-state index contributed by atoms with van der Waals surface area (Å²) in [6.07, 6.45) is -10.5. The predicted octanol–water partition coefficient (Wildman–Crippen LogP) is 4.26. The Kier molecular flexibility index (Phi) is 4.86.